The second kappa shape index (κ2) is 8.44. The number of nitrogens with one attached hydrogen (secondary N) is 1. The summed E-state index contributed by atoms with van der Waals surface area (Å²) in [6.45, 7) is 0. The third-order valence-corrected chi connectivity index (χ3v) is 5.37. The molecule has 2 unspecified atom stereocenters. The fourth-order valence-corrected chi connectivity index (χ4v) is 3.84. The van der Waals surface area contributed by atoms with Crippen molar-refractivity contribution in [2.24, 2.45) is 11.7 Å². The van der Waals surface area contributed by atoms with E-state index in [9.17, 15) is 14.0 Å². The number of hydrogen-bond acceptors (Lipinski definition) is 5. The maximum Gasteiger partial charge on any atom is 0.255 e. The van der Waals surface area contributed by atoms with Crippen molar-refractivity contribution in [3.63, 3.8) is 0 Å². The number of nitrogens with two attached hydrogens (primary N) is 1. The number of carbonyl (C=O) groups excluding carboxylic acids is 1. The largest absolute Gasteiger partial charge is 0.369 e. The summed E-state index contributed by atoms with van der Waals surface area (Å²) in [7, 11) is 0. The third kappa shape index (κ3) is 4.22. The van der Waals surface area contributed by atoms with Gasteiger partial charge < -0.3 is 11.1 Å². The summed E-state index contributed by atoms with van der Waals surface area (Å²) >= 11 is 0. The minimum absolute atomic E-state index is 0.00351. The Balaban J connectivity index is 1.61. The van der Waals surface area contributed by atoms with Crippen LogP contribution in [0.4, 0.5) is 10.3 Å². The Hall–Kier alpha value is -3.55. The Kier molecular flexibility index (Phi) is 5.56. The van der Waals surface area contributed by atoms with Gasteiger partial charge in [0.25, 0.3) is 5.56 Å². The first kappa shape index (κ1) is 19.8. The van der Waals surface area contributed by atoms with Gasteiger partial charge in [0.05, 0.1) is 6.20 Å². The average molecular weight is 407 g/mol. The predicted molar refractivity (Wildman–Crippen MR) is 112 cm³/mol. The maximum atomic E-state index is 14.5. The van der Waals surface area contributed by atoms with Gasteiger partial charge in [0, 0.05) is 35.5 Å². The van der Waals surface area contributed by atoms with Crippen molar-refractivity contribution in [1.82, 2.24) is 14.5 Å². The second-order valence-corrected chi connectivity index (χ2v) is 7.46. The van der Waals surface area contributed by atoms with Crippen LogP contribution >= 0.6 is 0 Å². The van der Waals surface area contributed by atoms with Gasteiger partial charge in [0.1, 0.15) is 5.69 Å². The molecule has 2 heterocycles. The number of benzene rings is 1. The zero-order chi connectivity index (χ0) is 21.1. The Morgan fingerprint density at radius 2 is 2.07 bits per heavy atom. The molecule has 1 aromatic carbocycles. The van der Waals surface area contributed by atoms with Crippen molar-refractivity contribution in [2.45, 2.75) is 31.7 Å². The van der Waals surface area contributed by atoms with Crippen LogP contribution in [0.5, 0.6) is 0 Å². The minimum Gasteiger partial charge on any atom is -0.369 e. The summed E-state index contributed by atoms with van der Waals surface area (Å²) in [6, 6.07) is 11.8. The van der Waals surface area contributed by atoms with Gasteiger partial charge >= 0.3 is 0 Å². The highest BCUT2D eigenvalue weighted by Gasteiger charge is 2.26. The van der Waals surface area contributed by atoms with Crippen LogP contribution in [0.1, 0.15) is 25.7 Å². The Bertz CT molecular complexity index is 1130. The van der Waals surface area contributed by atoms with Crippen LogP contribution in [0.15, 0.2) is 59.7 Å². The molecule has 3 N–H and O–H groups in total. The third-order valence-electron chi connectivity index (χ3n) is 5.37. The number of amides is 1. The molecule has 2 aromatic heterocycles. The van der Waals surface area contributed by atoms with Crippen LogP contribution < -0.4 is 16.6 Å². The number of halogens is 1. The van der Waals surface area contributed by atoms with Gasteiger partial charge in [0.15, 0.2) is 5.82 Å². The first-order valence-corrected chi connectivity index (χ1v) is 9.88. The van der Waals surface area contributed by atoms with Crippen molar-refractivity contribution >= 4 is 11.9 Å². The van der Waals surface area contributed by atoms with E-state index in [0.29, 0.717) is 23.6 Å². The van der Waals surface area contributed by atoms with Crippen LogP contribution in [0.3, 0.4) is 0 Å². The van der Waals surface area contributed by atoms with Crippen molar-refractivity contribution in [2.75, 3.05) is 5.32 Å². The summed E-state index contributed by atoms with van der Waals surface area (Å²) in [5.74, 6) is -0.729. The molecule has 30 heavy (non-hydrogen) atoms. The second-order valence-electron chi connectivity index (χ2n) is 7.46. The lowest BCUT2D eigenvalue weighted by molar-refractivity contribution is -0.122. The van der Waals surface area contributed by atoms with Gasteiger partial charge in [-0.1, -0.05) is 24.6 Å². The molecule has 154 valence electrons. The molecule has 1 aliphatic carbocycles. The topological polar surface area (TPSA) is 103 Å². The standard InChI is InChI=1S/C22H22FN5O2/c23-18-13-25-22(26-16-7-3-6-15(11-16)21(24)30)27-20(18)14-5-4-8-17(12-14)28-10-2-1-9-19(28)29/h1-2,4-5,8-10,12-13,15-16H,3,6-7,11H2,(H2,24,30)(H,25,26,27). The van der Waals surface area contributed by atoms with E-state index in [2.05, 4.69) is 15.3 Å². The van der Waals surface area contributed by atoms with E-state index in [4.69, 9.17) is 5.73 Å². The van der Waals surface area contributed by atoms with Crippen molar-refractivity contribution < 1.29 is 9.18 Å². The fourth-order valence-electron chi connectivity index (χ4n) is 3.84. The quantitative estimate of drug-likeness (QED) is 0.677. The molecular formula is C22H22FN5O2. The summed E-state index contributed by atoms with van der Waals surface area (Å²) < 4.78 is 16.0. The van der Waals surface area contributed by atoms with E-state index in [1.165, 1.54) is 10.6 Å². The highest BCUT2D eigenvalue weighted by molar-refractivity contribution is 5.76. The van der Waals surface area contributed by atoms with Crippen LogP contribution in [0.2, 0.25) is 0 Å². The van der Waals surface area contributed by atoms with Crippen molar-refractivity contribution in [3.8, 4) is 16.9 Å². The molecule has 0 radical (unpaired) electrons. The Morgan fingerprint density at radius 1 is 1.20 bits per heavy atom. The first-order chi connectivity index (χ1) is 14.5. The lowest BCUT2D eigenvalue weighted by Crippen LogP contribution is -2.34. The fraction of sp³-hybridized carbons (Fsp3) is 0.273. The number of aromatic nitrogens is 3. The highest BCUT2D eigenvalue weighted by Crippen LogP contribution is 2.27. The normalized spacial score (nSPS) is 18.7. The molecule has 0 aliphatic heterocycles. The van der Waals surface area contributed by atoms with E-state index in [-0.39, 0.29) is 29.1 Å². The van der Waals surface area contributed by atoms with Crippen LogP contribution in [-0.2, 0) is 4.79 Å². The minimum atomic E-state index is -0.559. The number of carbonyl (C=O) groups is 1. The molecule has 7 nitrogen and oxygen atoms in total. The van der Waals surface area contributed by atoms with Gasteiger partial charge in [-0.25, -0.2) is 14.4 Å². The molecule has 1 fully saturated rings. The maximum absolute atomic E-state index is 14.5. The molecule has 3 aromatic rings. The molecule has 1 amide bonds. The smallest absolute Gasteiger partial charge is 0.255 e. The monoisotopic (exact) mass is 407 g/mol. The summed E-state index contributed by atoms with van der Waals surface area (Å²) in [6.07, 6.45) is 5.93. The zero-order valence-corrected chi connectivity index (χ0v) is 16.3. The molecule has 1 aliphatic rings. The Labute approximate surface area is 172 Å². The van der Waals surface area contributed by atoms with Crippen LogP contribution in [0, 0.1) is 11.7 Å². The van der Waals surface area contributed by atoms with Crippen molar-refractivity contribution in [1.29, 1.82) is 0 Å². The van der Waals surface area contributed by atoms with Gasteiger partial charge in [-0.3, -0.25) is 14.2 Å². The van der Waals surface area contributed by atoms with E-state index < -0.39 is 5.82 Å². The SMILES string of the molecule is NC(=O)C1CCCC(Nc2ncc(F)c(-c3cccc(-n4ccccc4=O)c3)n2)C1. The summed E-state index contributed by atoms with van der Waals surface area (Å²) in [5.41, 5.74) is 6.55. The van der Waals surface area contributed by atoms with E-state index >= 15 is 0 Å². The number of pyridine rings is 1. The first-order valence-electron chi connectivity index (χ1n) is 9.88. The van der Waals surface area contributed by atoms with E-state index in [0.717, 1.165) is 25.5 Å². The van der Waals surface area contributed by atoms with E-state index in [1.54, 1.807) is 42.6 Å². The van der Waals surface area contributed by atoms with Gasteiger partial charge in [0.2, 0.25) is 11.9 Å². The molecule has 0 saturated heterocycles. The van der Waals surface area contributed by atoms with E-state index in [1.807, 2.05) is 0 Å². The number of primary amides is 1. The molecule has 8 heteroatoms. The molecular weight excluding hydrogens is 385 g/mol. The van der Waals surface area contributed by atoms with Gasteiger partial charge in [-0.05, 0) is 37.5 Å². The molecule has 0 bridgehead atoms. The van der Waals surface area contributed by atoms with Gasteiger partial charge in [-0.15, -0.1) is 0 Å². The summed E-state index contributed by atoms with van der Waals surface area (Å²) in [5, 5.41) is 3.21. The predicted octanol–water partition coefficient (Wildman–Crippen LogP) is 2.89. The molecule has 0 spiro atoms. The molecule has 4 rings (SSSR count). The highest BCUT2D eigenvalue weighted by atomic mass is 19.1. The summed E-state index contributed by atoms with van der Waals surface area (Å²) in [4.78, 5) is 32.0. The Morgan fingerprint density at radius 3 is 2.87 bits per heavy atom. The number of rotatable bonds is 5. The average Bonchev–Trinajstić information content (AvgIpc) is 2.76. The zero-order valence-electron chi connectivity index (χ0n) is 16.3. The number of anilines is 1. The van der Waals surface area contributed by atoms with Gasteiger partial charge in [-0.2, -0.15) is 0 Å². The lowest BCUT2D eigenvalue weighted by Gasteiger charge is -2.27. The lowest BCUT2D eigenvalue weighted by atomic mass is 9.85. The van der Waals surface area contributed by atoms with Crippen LogP contribution in [-0.4, -0.2) is 26.5 Å². The molecule has 1 saturated carbocycles. The number of nitrogens with zero attached hydrogens (tertiary/aromatic N) is 3. The number of hydrogen-bond donors (Lipinski definition) is 2. The van der Waals surface area contributed by atoms with Crippen LogP contribution in [0.25, 0.3) is 16.9 Å². The van der Waals surface area contributed by atoms with Crippen molar-refractivity contribution in [3.05, 3.63) is 71.0 Å². The molecule has 2 atom stereocenters.